The van der Waals surface area contributed by atoms with Crippen LogP contribution in [0.4, 0.5) is 0 Å². The summed E-state index contributed by atoms with van der Waals surface area (Å²) in [5.41, 5.74) is 2.96. The number of hydrogen-bond acceptors (Lipinski definition) is 3. The molecule has 5 heteroatoms. The molecule has 0 spiro atoms. The molecule has 2 aliphatic rings. The van der Waals surface area contributed by atoms with Crippen LogP contribution >= 0.6 is 0 Å². The molecule has 5 nitrogen and oxygen atoms in total. The molecule has 3 rings (SSSR count). The fourth-order valence-corrected chi connectivity index (χ4v) is 3.72. The second-order valence-corrected chi connectivity index (χ2v) is 7.40. The van der Waals surface area contributed by atoms with Crippen molar-refractivity contribution in [2.24, 2.45) is 4.99 Å². The Balaban J connectivity index is 1.33. The summed E-state index contributed by atoms with van der Waals surface area (Å²) in [7, 11) is 1.83. The van der Waals surface area contributed by atoms with E-state index in [0.717, 1.165) is 58.0 Å². The summed E-state index contributed by atoms with van der Waals surface area (Å²) >= 11 is 0. The number of nitrogens with zero attached hydrogens (tertiary/aromatic N) is 2. The Hall–Kier alpha value is -1.59. The van der Waals surface area contributed by atoms with Gasteiger partial charge < -0.3 is 15.4 Å². The van der Waals surface area contributed by atoms with E-state index in [2.05, 4.69) is 51.7 Å². The Kier molecular flexibility index (Phi) is 6.32. The highest BCUT2D eigenvalue weighted by Crippen LogP contribution is 2.23. The highest BCUT2D eigenvalue weighted by atomic mass is 16.5. The van der Waals surface area contributed by atoms with Crippen LogP contribution in [0.25, 0.3) is 0 Å². The van der Waals surface area contributed by atoms with E-state index in [1.54, 1.807) is 0 Å². The quantitative estimate of drug-likeness (QED) is 0.472. The maximum atomic E-state index is 5.82. The first-order valence-corrected chi connectivity index (χ1v) is 9.56. The first-order valence-electron chi connectivity index (χ1n) is 9.56. The van der Waals surface area contributed by atoms with Gasteiger partial charge in [0.15, 0.2) is 5.96 Å². The molecule has 0 amide bonds. The number of hydrogen-bond donors (Lipinski definition) is 2. The molecule has 138 valence electrons. The fraction of sp³-hybridized carbons (Fsp3) is 0.650. The Morgan fingerprint density at radius 2 is 2.12 bits per heavy atom. The SMILES string of the molecule is CN=C(NCCCN1CCc2ccccc2C1)NCC1(C)CCCO1. The molecule has 0 aromatic heterocycles. The summed E-state index contributed by atoms with van der Waals surface area (Å²) in [4.78, 5) is 6.87. The molecule has 2 aliphatic heterocycles. The van der Waals surface area contributed by atoms with Crippen LogP contribution in [0.15, 0.2) is 29.3 Å². The molecule has 1 saturated heterocycles. The zero-order valence-electron chi connectivity index (χ0n) is 15.7. The summed E-state index contributed by atoms with van der Waals surface area (Å²) in [6.45, 7) is 8.18. The van der Waals surface area contributed by atoms with Crippen LogP contribution in [0.1, 0.15) is 37.3 Å². The molecule has 25 heavy (non-hydrogen) atoms. The summed E-state index contributed by atoms with van der Waals surface area (Å²) in [6.07, 6.45) is 4.57. The topological polar surface area (TPSA) is 48.9 Å². The Bertz CT molecular complexity index is 581. The van der Waals surface area contributed by atoms with Gasteiger partial charge in [-0.3, -0.25) is 9.89 Å². The number of guanidine groups is 1. The van der Waals surface area contributed by atoms with Gasteiger partial charge in [-0.05, 0) is 43.7 Å². The highest BCUT2D eigenvalue weighted by molar-refractivity contribution is 5.79. The van der Waals surface area contributed by atoms with Crippen molar-refractivity contribution in [3.8, 4) is 0 Å². The van der Waals surface area contributed by atoms with Crippen molar-refractivity contribution >= 4 is 5.96 Å². The Labute approximate surface area is 151 Å². The molecule has 0 bridgehead atoms. The lowest BCUT2D eigenvalue weighted by atomic mass is 10.00. The van der Waals surface area contributed by atoms with Gasteiger partial charge in [-0.25, -0.2) is 0 Å². The van der Waals surface area contributed by atoms with Gasteiger partial charge in [0.1, 0.15) is 0 Å². The van der Waals surface area contributed by atoms with E-state index in [9.17, 15) is 0 Å². The van der Waals surface area contributed by atoms with Crippen molar-refractivity contribution in [2.45, 2.75) is 44.8 Å². The minimum atomic E-state index is -0.0428. The zero-order chi connectivity index (χ0) is 17.5. The van der Waals surface area contributed by atoms with Crippen molar-refractivity contribution in [3.63, 3.8) is 0 Å². The summed E-state index contributed by atoms with van der Waals surface area (Å²) < 4.78 is 5.82. The molecule has 1 atom stereocenters. The molecule has 1 aromatic rings. The number of ether oxygens (including phenoxy) is 1. The van der Waals surface area contributed by atoms with E-state index in [1.165, 1.54) is 24.1 Å². The maximum Gasteiger partial charge on any atom is 0.191 e. The van der Waals surface area contributed by atoms with Crippen molar-refractivity contribution < 1.29 is 4.74 Å². The van der Waals surface area contributed by atoms with Gasteiger partial charge in [-0.15, -0.1) is 0 Å². The average Bonchev–Trinajstić information content (AvgIpc) is 3.08. The van der Waals surface area contributed by atoms with Crippen LogP contribution in [0, 0.1) is 0 Å². The van der Waals surface area contributed by atoms with Crippen molar-refractivity contribution in [1.29, 1.82) is 0 Å². The van der Waals surface area contributed by atoms with Crippen LogP contribution in [0.3, 0.4) is 0 Å². The number of fused-ring (bicyclic) bond motifs is 1. The van der Waals surface area contributed by atoms with Gasteiger partial charge in [0.25, 0.3) is 0 Å². The third-order valence-corrected chi connectivity index (χ3v) is 5.31. The fourth-order valence-electron chi connectivity index (χ4n) is 3.72. The van der Waals surface area contributed by atoms with E-state index in [1.807, 2.05) is 7.05 Å². The third-order valence-electron chi connectivity index (χ3n) is 5.31. The van der Waals surface area contributed by atoms with Gasteiger partial charge >= 0.3 is 0 Å². The number of aliphatic imine (C=N–C) groups is 1. The molecule has 0 saturated carbocycles. The average molecular weight is 345 g/mol. The van der Waals surface area contributed by atoms with Gasteiger partial charge in [-0.1, -0.05) is 24.3 Å². The molecule has 0 radical (unpaired) electrons. The monoisotopic (exact) mass is 344 g/mol. The standard InChI is InChI=1S/C20H32N4O/c1-20(10-5-14-25-20)16-23-19(21-2)22-11-6-12-24-13-9-17-7-3-4-8-18(17)15-24/h3-4,7-8H,5-6,9-16H2,1-2H3,(H2,21,22,23). The van der Waals surface area contributed by atoms with E-state index >= 15 is 0 Å². The smallest absolute Gasteiger partial charge is 0.191 e. The van der Waals surface area contributed by atoms with Crippen molar-refractivity contribution in [2.75, 3.05) is 39.8 Å². The first-order chi connectivity index (χ1) is 12.2. The third kappa shape index (κ3) is 5.19. The summed E-state index contributed by atoms with van der Waals surface area (Å²) in [5, 5.41) is 6.83. The van der Waals surface area contributed by atoms with E-state index in [4.69, 9.17) is 4.74 Å². The van der Waals surface area contributed by atoms with Crippen LogP contribution in [-0.4, -0.2) is 56.3 Å². The van der Waals surface area contributed by atoms with Gasteiger partial charge in [0, 0.05) is 46.4 Å². The second-order valence-electron chi connectivity index (χ2n) is 7.40. The molecule has 2 N–H and O–H groups in total. The molecule has 1 aromatic carbocycles. The van der Waals surface area contributed by atoms with Crippen molar-refractivity contribution in [3.05, 3.63) is 35.4 Å². The first kappa shape index (κ1) is 18.2. The van der Waals surface area contributed by atoms with E-state index < -0.39 is 0 Å². The van der Waals surface area contributed by atoms with Crippen LogP contribution in [0.2, 0.25) is 0 Å². The van der Waals surface area contributed by atoms with Crippen LogP contribution < -0.4 is 10.6 Å². The molecule has 1 unspecified atom stereocenters. The summed E-state index contributed by atoms with van der Waals surface area (Å²) in [6, 6.07) is 8.82. The van der Waals surface area contributed by atoms with Gasteiger partial charge in [0.05, 0.1) is 5.60 Å². The Morgan fingerprint density at radius 1 is 1.28 bits per heavy atom. The number of nitrogens with one attached hydrogen (secondary N) is 2. The lowest BCUT2D eigenvalue weighted by Gasteiger charge is -2.29. The lowest BCUT2D eigenvalue weighted by Crippen LogP contribution is -2.46. The molecule has 2 heterocycles. The van der Waals surface area contributed by atoms with E-state index in [0.29, 0.717) is 0 Å². The van der Waals surface area contributed by atoms with Gasteiger partial charge in [-0.2, -0.15) is 0 Å². The molecule has 0 aliphatic carbocycles. The van der Waals surface area contributed by atoms with Crippen LogP contribution in [0.5, 0.6) is 0 Å². The maximum absolute atomic E-state index is 5.82. The second kappa shape index (κ2) is 8.68. The summed E-state index contributed by atoms with van der Waals surface area (Å²) in [5.74, 6) is 0.876. The highest BCUT2D eigenvalue weighted by Gasteiger charge is 2.29. The molecule has 1 fully saturated rings. The number of rotatable bonds is 6. The van der Waals surface area contributed by atoms with E-state index in [-0.39, 0.29) is 5.60 Å². The van der Waals surface area contributed by atoms with Gasteiger partial charge in [0.2, 0.25) is 0 Å². The minimum Gasteiger partial charge on any atom is -0.373 e. The minimum absolute atomic E-state index is 0.0428. The largest absolute Gasteiger partial charge is 0.373 e. The predicted octanol–water partition coefficient (Wildman–Crippen LogP) is 2.17. The normalized spacial score (nSPS) is 24.2. The van der Waals surface area contributed by atoms with Crippen molar-refractivity contribution in [1.82, 2.24) is 15.5 Å². The predicted molar refractivity (Wildman–Crippen MR) is 103 cm³/mol. The molecular formula is C20H32N4O. The number of benzene rings is 1. The molecular weight excluding hydrogens is 312 g/mol. The van der Waals surface area contributed by atoms with Crippen LogP contribution in [-0.2, 0) is 17.7 Å². The zero-order valence-corrected chi connectivity index (χ0v) is 15.7. The lowest BCUT2D eigenvalue weighted by molar-refractivity contribution is 0.0243. The Morgan fingerprint density at radius 3 is 2.88 bits per heavy atom.